The Morgan fingerprint density at radius 3 is 2.27 bits per heavy atom. The maximum absolute atomic E-state index is 13.0. The maximum atomic E-state index is 13.0. The van der Waals surface area contributed by atoms with Crippen LogP contribution in [0, 0.1) is 17.4 Å². The lowest BCUT2D eigenvalue weighted by molar-refractivity contribution is -0.116. The van der Waals surface area contributed by atoms with Gasteiger partial charge >= 0.3 is 0 Å². The quantitative estimate of drug-likeness (QED) is 0.494. The molecule has 0 aliphatic carbocycles. The van der Waals surface area contributed by atoms with Crippen molar-refractivity contribution in [3.8, 4) is 0 Å². The molecule has 1 heterocycles. The Morgan fingerprint density at radius 2 is 1.65 bits per heavy atom. The number of carbonyl (C=O) groups excluding carboxylic acids is 2. The SMILES string of the molecule is C=C1C(=O)N(c2c(C)cccc2C)C(=C)CN1C(=O)c1ccccc1I. The zero-order chi connectivity index (χ0) is 19.0. The number of carbonyl (C=O) groups is 2. The van der Waals surface area contributed by atoms with Gasteiger partial charge in [0.1, 0.15) is 5.70 Å². The van der Waals surface area contributed by atoms with Crippen LogP contribution < -0.4 is 4.90 Å². The number of halogens is 1. The molecule has 2 amide bonds. The molecular weight excluding hydrogens is 439 g/mol. The zero-order valence-corrected chi connectivity index (χ0v) is 16.9. The van der Waals surface area contributed by atoms with Gasteiger partial charge in [0, 0.05) is 9.27 Å². The van der Waals surface area contributed by atoms with Crippen molar-refractivity contribution in [2.45, 2.75) is 13.8 Å². The second-order valence-corrected chi connectivity index (χ2v) is 7.43. The molecule has 0 unspecified atom stereocenters. The van der Waals surface area contributed by atoms with E-state index in [9.17, 15) is 9.59 Å². The van der Waals surface area contributed by atoms with Crippen LogP contribution in [0.25, 0.3) is 0 Å². The van der Waals surface area contributed by atoms with Crippen LogP contribution in [0.3, 0.4) is 0 Å². The topological polar surface area (TPSA) is 40.6 Å². The van der Waals surface area contributed by atoms with Crippen molar-refractivity contribution in [1.82, 2.24) is 4.90 Å². The molecule has 5 heteroatoms. The predicted molar refractivity (Wildman–Crippen MR) is 112 cm³/mol. The fourth-order valence-electron chi connectivity index (χ4n) is 3.13. The summed E-state index contributed by atoms with van der Waals surface area (Å²) in [7, 11) is 0. The van der Waals surface area contributed by atoms with Crippen molar-refractivity contribution in [1.29, 1.82) is 0 Å². The standard InChI is InChI=1S/C21H19IN2O2/c1-13-8-7-9-14(2)19(13)24-15(3)12-23(16(4)20(24)25)21(26)17-10-5-6-11-18(17)22/h5-11H,3-4,12H2,1-2H3. The molecule has 0 atom stereocenters. The van der Waals surface area contributed by atoms with Gasteiger partial charge in [-0.1, -0.05) is 43.5 Å². The zero-order valence-electron chi connectivity index (χ0n) is 14.8. The first-order valence-electron chi connectivity index (χ1n) is 8.16. The molecule has 26 heavy (non-hydrogen) atoms. The van der Waals surface area contributed by atoms with Crippen LogP contribution in [-0.2, 0) is 4.79 Å². The molecule has 0 saturated carbocycles. The van der Waals surface area contributed by atoms with Gasteiger partial charge in [-0.25, -0.2) is 0 Å². The van der Waals surface area contributed by atoms with Gasteiger partial charge in [0.05, 0.1) is 17.8 Å². The van der Waals surface area contributed by atoms with Gasteiger partial charge in [-0.3, -0.25) is 19.4 Å². The smallest absolute Gasteiger partial charge is 0.278 e. The highest BCUT2D eigenvalue weighted by molar-refractivity contribution is 14.1. The molecule has 1 aliphatic rings. The summed E-state index contributed by atoms with van der Waals surface area (Å²) in [6.45, 7) is 12.1. The van der Waals surface area contributed by atoms with Gasteiger partial charge < -0.3 is 0 Å². The van der Waals surface area contributed by atoms with Gasteiger partial charge in [-0.2, -0.15) is 0 Å². The lowest BCUT2D eigenvalue weighted by Gasteiger charge is -2.38. The normalized spacial score (nSPS) is 14.8. The maximum Gasteiger partial charge on any atom is 0.278 e. The van der Waals surface area contributed by atoms with Crippen molar-refractivity contribution in [3.05, 3.63) is 87.3 Å². The van der Waals surface area contributed by atoms with Gasteiger partial charge in [0.25, 0.3) is 11.8 Å². The summed E-state index contributed by atoms with van der Waals surface area (Å²) in [5.41, 5.74) is 4.03. The number of hydrogen-bond acceptors (Lipinski definition) is 2. The Morgan fingerprint density at radius 1 is 1.04 bits per heavy atom. The van der Waals surface area contributed by atoms with Gasteiger partial charge in [0.2, 0.25) is 0 Å². The average molecular weight is 458 g/mol. The third-order valence-electron chi connectivity index (χ3n) is 4.45. The largest absolute Gasteiger partial charge is 0.298 e. The number of amides is 2. The van der Waals surface area contributed by atoms with E-state index in [1.54, 1.807) is 11.0 Å². The molecule has 4 nitrogen and oxygen atoms in total. The molecule has 1 fully saturated rings. The summed E-state index contributed by atoms with van der Waals surface area (Å²) in [5, 5.41) is 0. The van der Waals surface area contributed by atoms with Crippen LogP contribution in [-0.4, -0.2) is 23.3 Å². The van der Waals surface area contributed by atoms with Gasteiger partial charge in [-0.15, -0.1) is 0 Å². The van der Waals surface area contributed by atoms with E-state index < -0.39 is 0 Å². The summed E-state index contributed by atoms with van der Waals surface area (Å²) in [5.74, 6) is -0.561. The summed E-state index contributed by atoms with van der Waals surface area (Å²) in [6, 6.07) is 13.2. The minimum Gasteiger partial charge on any atom is -0.298 e. The molecule has 1 saturated heterocycles. The fraction of sp³-hybridized carbons (Fsp3) is 0.143. The first-order chi connectivity index (χ1) is 12.3. The number of anilines is 1. The lowest BCUT2D eigenvalue weighted by atomic mass is 10.0. The molecule has 1 aliphatic heterocycles. The predicted octanol–water partition coefficient (Wildman–Crippen LogP) is 4.42. The Balaban J connectivity index is 1.97. The Bertz CT molecular complexity index is 929. The van der Waals surface area contributed by atoms with Crippen molar-refractivity contribution in [3.63, 3.8) is 0 Å². The number of para-hydroxylation sites is 1. The van der Waals surface area contributed by atoms with Crippen molar-refractivity contribution < 1.29 is 9.59 Å². The highest BCUT2D eigenvalue weighted by atomic mass is 127. The molecule has 0 N–H and O–H groups in total. The molecule has 3 rings (SSSR count). The van der Waals surface area contributed by atoms with Gasteiger partial charge in [0.15, 0.2) is 0 Å². The molecule has 132 valence electrons. The number of piperazine rings is 1. The fourth-order valence-corrected chi connectivity index (χ4v) is 3.75. The molecule has 2 aromatic rings. The van der Waals surface area contributed by atoms with Gasteiger partial charge in [-0.05, 0) is 59.7 Å². The highest BCUT2D eigenvalue weighted by Gasteiger charge is 2.36. The monoisotopic (exact) mass is 458 g/mol. The van der Waals surface area contributed by atoms with E-state index in [-0.39, 0.29) is 24.1 Å². The summed E-state index contributed by atoms with van der Waals surface area (Å²) in [6.07, 6.45) is 0. The van der Waals surface area contributed by atoms with E-state index in [0.717, 1.165) is 20.4 Å². The average Bonchev–Trinajstić information content (AvgIpc) is 2.60. The van der Waals surface area contributed by atoms with Crippen molar-refractivity contribution in [2.24, 2.45) is 0 Å². The molecular formula is C21H19IN2O2. The minimum atomic E-state index is -0.321. The second-order valence-electron chi connectivity index (χ2n) is 6.27. The third-order valence-corrected chi connectivity index (χ3v) is 5.39. The first kappa shape index (κ1) is 18.4. The third kappa shape index (κ3) is 3.07. The Hall–Kier alpha value is -2.41. The van der Waals surface area contributed by atoms with Crippen LogP contribution in [0.15, 0.2) is 67.0 Å². The number of aryl methyl sites for hydroxylation is 2. The van der Waals surface area contributed by atoms with Crippen LogP contribution >= 0.6 is 22.6 Å². The van der Waals surface area contributed by atoms with Crippen LogP contribution in [0.4, 0.5) is 5.69 Å². The van der Waals surface area contributed by atoms with Crippen LogP contribution in [0.5, 0.6) is 0 Å². The van der Waals surface area contributed by atoms with E-state index >= 15 is 0 Å². The van der Waals surface area contributed by atoms with E-state index in [0.29, 0.717) is 11.3 Å². The van der Waals surface area contributed by atoms with Crippen molar-refractivity contribution in [2.75, 3.05) is 11.4 Å². The summed E-state index contributed by atoms with van der Waals surface area (Å²) in [4.78, 5) is 29.0. The number of hydrogen-bond donors (Lipinski definition) is 0. The molecule has 0 spiro atoms. The molecule has 0 radical (unpaired) electrons. The number of rotatable bonds is 2. The van der Waals surface area contributed by atoms with E-state index in [2.05, 4.69) is 35.7 Å². The second kappa shape index (κ2) is 7.07. The molecule has 0 aromatic heterocycles. The Kier molecular flexibility index (Phi) is 5.00. The lowest BCUT2D eigenvalue weighted by Crippen LogP contribution is -2.49. The highest BCUT2D eigenvalue weighted by Crippen LogP contribution is 2.33. The Labute approximate surface area is 166 Å². The minimum absolute atomic E-state index is 0.157. The van der Waals surface area contributed by atoms with Crippen molar-refractivity contribution >= 4 is 40.1 Å². The number of nitrogens with zero attached hydrogens (tertiary/aromatic N) is 2. The van der Waals surface area contributed by atoms with Crippen LogP contribution in [0.2, 0.25) is 0 Å². The van der Waals surface area contributed by atoms with E-state index in [1.807, 2.05) is 50.2 Å². The molecule has 0 bridgehead atoms. The van der Waals surface area contributed by atoms with E-state index in [4.69, 9.17) is 0 Å². The van der Waals surface area contributed by atoms with E-state index in [1.165, 1.54) is 4.90 Å². The summed E-state index contributed by atoms with van der Waals surface area (Å²) >= 11 is 2.12. The molecule has 2 aromatic carbocycles. The number of benzene rings is 2. The van der Waals surface area contributed by atoms with Crippen LogP contribution in [0.1, 0.15) is 21.5 Å². The summed E-state index contributed by atoms with van der Waals surface area (Å²) < 4.78 is 0.832. The first-order valence-corrected chi connectivity index (χ1v) is 9.24.